The number of carbonyl (C=O) groups is 1. The number of aromatic nitrogens is 2. The van der Waals surface area contributed by atoms with E-state index in [-0.39, 0.29) is 5.91 Å². The molecule has 2 N–H and O–H groups in total. The Morgan fingerprint density at radius 3 is 2.88 bits per heavy atom. The molecule has 1 saturated heterocycles. The molecule has 0 aromatic carbocycles. The first-order chi connectivity index (χ1) is 12.3. The predicted octanol–water partition coefficient (Wildman–Crippen LogP) is 1.17. The number of amides is 1. The van der Waals surface area contributed by atoms with Gasteiger partial charge in [0.15, 0.2) is 0 Å². The Morgan fingerprint density at radius 1 is 1.50 bits per heavy atom. The van der Waals surface area contributed by atoms with Gasteiger partial charge in [0, 0.05) is 30.2 Å². The Labute approximate surface area is 157 Å². The van der Waals surface area contributed by atoms with Crippen molar-refractivity contribution in [2.45, 2.75) is 45.4 Å². The third kappa shape index (κ3) is 3.83. The van der Waals surface area contributed by atoms with Gasteiger partial charge in [-0.15, -0.1) is 11.3 Å². The molecule has 0 aliphatic carbocycles. The average molecular weight is 398 g/mol. The molecule has 3 heterocycles. The summed E-state index contributed by atoms with van der Waals surface area (Å²) in [6.45, 7) is 4.91. The molecule has 8 nitrogen and oxygen atoms in total. The number of thiophene rings is 1. The highest BCUT2D eigenvalue weighted by Crippen LogP contribution is 2.29. The lowest BCUT2D eigenvalue weighted by atomic mass is 10.00. The van der Waals surface area contributed by atoms with Crippen LogP contribution in [0.3, 0.4) is 0 Å². The van der Waals surface area contributed by atoms with Gasteiger partial charge in [0.1, 0.15) is 6.04 Å². The Balaban J connectivity index is 1.79. The number of nitrogens with one attached hydrogen (secondary N) is 2. The van der Waals surface area contributed by atoms with Gasteiger partial charge in [-0.1, -0.05) is 6.07 Å². The monoisotopic (exact) mass is 397 g/mol. The fourth-order valence-electron chi connectivity index (χ4n) is 3.06. The predicted molar refractivity (Wildman–Crippen MR) is 99.8 cm³/mol. The van der Waals surface area contributed by atoms with Crippen LogP contribution >= 0.6 is 11.3 Å². The van der Waals surface area contributed by atoms with Crippen LogP contribution in [0.2, 0.25) is 0 Å². The first-order valence-corrected chi connectivity index (χ1v) is 10.7. The number of hydrogen-bond donors (Lipinski definition) is 2. The second-order valence-corrected chi connectivity index (χ2v) is 9.06. The molecule has 0 spiro atoms. The molecule has 26 heavy (non-hydrogen) atoms. The highest BCUT2D eigenvalue weighted by atomic mass is 32.2. The van der Waals surface area contributed by atoms with Crippen molar-refractivity contribution >= 4 is 27.5 Å². The number of carbonyl (C=O) groups excluding carboxylic acids is 1. The summed E-state index contributed by atoms with van der Waals surface area (Å²) in [4.78, 5) is 13.7. The van der Waals surface area contributed by atoms with Crippen LogP contribution in [0.1, 0.15) is 35.5 Å². The molecule has 2 aromatic heterocycles. The van der Waals surface area contributed by atoms with Gasteiger partial charge in [-0.05, 0) is 31.7 Å². The number of likely N-dealkylation sites (N-methyl/N-ethyl adjacent to an activating group) is 1. The minimum Gasteiger partial charge on any atom is -0.350 e. The van der Waals surface area contributed by atoms with Crippen molar-refractivity contribution in [1.29, 1.82) is 0 Å². The molecule has 1 amide bonds. The van der Waals surface area contributed by atoms with Crippen LogP contribution in [-0.4, -0.2) is 41.5 Å². The number of hydrogen-bond acceptors (Lipinski definition) is 5. The molecular weight excluding hydrogens is 374 g/mol. The van der Waals surface area contributed by atoms with E-state index < -0.39 is 22.3 Å². The lowest BCUT2D eigenvalue weighted by Gasteiger charge is -2.36. The number of rotatable bonds is 5. The van der Waals surface area contributed by atoms with Gasteiger partial charge >= 0.3 is 0 Å². The van der Waals surface area contributed by atoms with Crippen molar-refractivity contribution in [3.63, 3.8) is 0 Å². The summed E-state index contributed by atoms with van der Waals surface area (Å²) >= 11 is 1.55. The molecule has 0 unspecified atom stereocenters. The Hall–Kier alpha value is -1.75. The van der Waals surface area contributed by atoms with Crippen LogP contribution < -0.4 is 10.0 Å². The Morgan fingerprint density at radius 2 is 2.27 bits per heavy atom. The smallest absolute Gasteiger partial charge is 0.280 e. The highest BCUT2D eigenvalue weighted by molar-refractivity contribution is 7.87. The molecule has 0 radical (unpaired) electrons. The van der Waals surface area contributed by atoms with Gasteiger partial charge in [-0.25, -0.2) is 0 Å². The normalized spacial score (nSPS) is 23.0. The quantitative estimate of drug-likeness (QED) is 0.792. The van der Waals surface area contributed by atoms with E-state index in [9.17, 15) is 13.2 Å². The molecule has 3 rings (SSSR count). The van der Waals surface area contributed by atoms with Gasteiger partial charge in [0.25, 0.3) is 10.2 Å². The van der Waals surface area contributed by atoms with Crippen molar-refractivity contribution < 1.29 is 13.2 Å². The van der Waals surface area contributed by atoms with Crippen molar-refractivity contribution in [1.82, 2.24) is 24.1 Å². The maximum Gasteiger partial charge on any atom is 0.280 e. The Kier molecular flexibility index (Phi) is 5.47. The molecular formula is C16H23N5O3S2. The van der Waals surface area contributed by atoms with Gasteiger partial charge in [0.05, 0.1) is 18.3 Å². The molecule has 1 aliphatic rings. The summed E-state index contributed by atoms with van der Waals surface area (Å²) in [7, 11) is -2.32. The number of nitrogens with zero attached hydrogens (tertiary/aromatic N) is 3. The first-order valence-electron chi connectivity index (χ1n) is 8.41. The van der Waals surface area contributed by atoms with Crippen molar-refractivity contribution in [3.8, 4) is 0 Å². The van der Waals surface area contributed by atoms with E-state index in [1.165, 1.54) is 7.05 Å². The SMILES string of the molecule is CCn1cc([C@@H]2C[C@@H](C(=O)NCc3cccs3)N(C)S(=O)(=O)N2)c(C)n1. The fraction of sp³-hybridized carbons (Fsp3) is 0.500. The Bertz CT molecular complexity index is 876. The highest BCUT2D eigenvalue weighted by Gasteiger charge is 2.41. The first kappa shape index (κ1) is 19.0. The summed E-state index contributed by atoms with van der Waals surface area (Å²) < 4.78 is 30.6. The summed E-state index contributed by atoms with van der Waals surface area (Å²) in [5.74, 6) is -0.295. The molecule has 0 bridgehead atoms. The second kappa shape index (κ2) is 7.47. The summed E-state index contributed by atoms with van der Waals surface area (Å²) in [5.41, 5.74) is 1.57. The lowest BCUT2D eigenvalue weighted by molar-refractivity contribution is -0.125. The van der Waals surface area contributed by atoms with Crippen molar-refractivity contribution in [2.24, 2.45) is 0 Å². The zero-order valence-corrected chi connectivity index (χ0v) is 16.6. The second-order valence-electron chi connectivity index (χ2n) is 6.27. The third-order valence-electron chi connectivity index (χ3n) is 4.57. The third-order valence-corrected chi connectivity index (χ3v) is 7.04. The van der Waals surface area contributed by atoms with Crippen LogP contribution in [0.4, 0.5) is 0 Å². The van der Waals surface area contributed by atoms with Gasteiger partial charge in [-0.2, -0.15) is 22.5 Å². The van der Waals surface area contributed by atoms with Crippen molar-refractivity contribution in [2.75, 3.05) is 7.05 Å². The minimum atomic E-state index is -3.75. The molecule has 0 saturated carbocycles. The van der Waals surface area contributed by atoms with E-state index in [1.54, 1.807) is 16.0 Å². The summed E-state index contributed by atoms with van der Waals surface area (Å²) in [5, 5.41) is 9.16. The molecule has 10 heteroatoms. The lowest BCUT2D eigenvalue weighted by Crippen LogP contribution is -2.57. The van der Waals surface area contributed by atoms with Crippen LogP contribution in [0.15, 0.2) is 23.7 Å². The van der Waals surface area contributed by atoms with Crippen LogP contribution in [0.25, 0.3) is 0 Å². The summed E-state index contributed by atoms with van der Waals surface area (Å²) in [6, 6.07) is 2.60. The molecule has 1 fully saturated rings. The zero-order valence-electron chi connectivity index (χ0n) is 15.0. The molecule has 142 valence electrons. The maximum absolute atomic E-state index is 12.7. The molecule has 1 aliphatic heterocycles. The fourth-order valence-corrected chi connectivity index (χ4v) is 4.97. The molecule has 2 atom stereocenters. The van der Waals surface area contributed by atoms with E-state index in [0.717, 1.165) is 20.4 Å². The minimum absolute atomic E-state index is 0.295. The van der Waals surface area contributed by atoms with E-state index >= 15 is 0 Å². The van der Waals surface area contributed by atoms with E-state index in [1.807, 2.05) is 37.6 Å². The van der Waals surface area contributed by atoms with E-state index in [0.29, 0.717) is 19.5 Å². The van der Waals surface area contributed by atoms with Crippen LogP contribution in [0, 0.1) is 6.92 Å². The van der Waals surface area contributed by atoms with E-state index in [2.05, 4.69) is 15.1 Å². The average Bonchev–Trinajstić information content (AvgIpc) is 3.24. The topological polar surface area (TPSA) is 96.3 Å². The largest absolute Gasteiger partial charge is 0.350 e. The van der Waals surface area contributed by atoms with Gasteiger partial charge < -0.3 is 5.32 Å². The van der Waals surface area contributed by atoms with Gasteiger partial charge in [0.2, 0.25) is 5.91 Å². The van der Waals surface area contributed by atoms with Crippen LogP contribution in [-0.2, 0) is 28.1 Å². The molecule has 2 aromatic rings. The standard InChI is InChI=1S/C16H23N5O3S2/c1-4-21-10-13(11(2)18-21)14-8-15(20(3)26(23,24)19-14)16(22)17-9-12-6-5-7-25-12/h5-7,10,14-15,19H,4,8-9H2,1-3H3,(H,17,22)/t14-,15-/m0/s1. The van der Waals surface area contributed by atoms with E-state index in [4.69, 9.17) is 0 Å². The zero-order chi connectivity index (χ0) is 18.9. The maximum atomic E-state index is 12.7. The van der Waals surface area contributed by atoms with Crippen LogP contribution in [0.5, 0.6) is 0 Å². The number of aryl methyl sites for hydroxylation is 2. The van der Waals surface area contributed by atoms with Crippen molar-refractivity contribution in [3.05, 3.63) is 39.8 Å². The van der Waals surface area contributed by atoms with Gasteiger partial charge in [-0.3, -0.25) is 9.48 Å². The summed E-state index contributed by atoms with van der Waals surface area (Å²) in [6.07, 6.45) is 2.19.